The molecule has 0 atom stereocenters. The van der Waals surface area contributed by atoms with E-state index in [1.54, 1.807) is 9.13 Å². The Morgan fingerprint density at radius 1 is 0.274 bits per heavy atom. The van der Waals surface area contributed by atoms with Crippen molar-refractivity contribution in [2.24, 2.45) is 0 Å². The zero-order valence-electron chi connectivity index (χ0n) is 54.9. The number of anilines is 6. The molecule has 5 heteroatoms. The third-order valence-electron chi connectivity index (χ3n) is 17.5. The van der Waals surface area contributed by atoms with Crippen molar-refractivity contribution in [3.8, 4) is 28.2 Å². The minimum absolute atomic E-state index is 0.0880. The Morgan fingerprint density at radius 3 is 1.19 bits per heavy atom. The number of rotatable bonds is 8. The number of hydrogen-bond donors (Lipinski definition) is 0. The van der Waals surface area contributed by atoms with Gasteiger partial charge in [0.25, 0.3) is 0 Å². The van der Waals surface area contributed by atoms with Crippen molar-refractivity contribution in [2.45, 2.75) is 5.41 Å². The first-order chi connectivity index (χ1) is 45.8. The molecule has 0 unspecified atom stereocenters. The van der Waals surface area contributed by atoms with Crippen LogP contribution in [-0.4, -0.2) is 13.7 Å². The van der Waals surface area contributed by atoms with Crippen molar-refractivity contribution in [3.63, 3.8) is 0 Å². The van der Waals surface area contributed by atoms with Gasteiger partial charge >= 0.3 is 0 Å². The molecule has 1 aliphatic carbocycles. The van der Waals surface area contributed by atoms with Crippen molar-refractivity contribution in [3.05, 3.63) is 331 Å². The Balaban J connectivity index is 0.885. The van der Waals surface area contributed by atoms with Crippen LogP contribution in [-0.2, 0) is 5.41 Å². The van der Waals surface area contributed by atoms with Crippen LogP contribution < -0.4 is 9.80 Å². The van der Waals surface area contributed by atoms with E-state index < -0.39 is 41.7 Å². The van der Waals surface area contributed by atoms with Crippen LogP contribution in [0.4, 0.5) is 34.1 Å². The molecule has 0 amide bonds. The molecule has 1 spiro atoms. The maximum Gasteiger partial charge on any atom is 0.0756 e. The lowest BCUT2D eigenvalue weighted by Crippen LogP contribution is -2.33. The Bertz CT molecular complexity index is 5640. The molecule has 392 valence electrons. The van der Waals surface area contributed by atoms with Gasteiger partial charge in [-0.15, -0.1) is 0 Å². The Kier molecular flexibility index (Phi) is 8.05. The van der Waals surface area contributed by atoms with E-state index in [1.165, 1.54) is 0 Å². The van der Waals surface area contributed by atoms with E-state index in [-0.39, 0.29) is 35.5 Å². The monoisotopic (exact) mass is 1080 g/mol. The molecule has 0 fully saturated rings. The average Bonchev–Trinajstić information content (AvgIpc) is 1.48. The molecule has 13 aromatic carbocycles. The second kappa shape index (κ2) is 17.9. The molecule has 16 aromatic rings. The highest BCUT2D eigenvalue weighted by Gasteiger charge is 2.51. The lowest BCUT2D eigenvalue weighted by atomic mass is 9.65. The molecule has 0 bridgehead atoms. The van der Waals surface area contributed by atoms with Crippen molar-refractivity contribution in [1.29, 1.82) is 0 Å². The molecule has 18 rings (SSSR count). The number of fused-ring (bicyclic) bond motifs is 18. The first-order valence-electron chi connectivity index (χ1n) is 33.2. The fourth-order valence-corrected chi connectivity index (χ4v) is 14.3. The van der Waals surface area contributed by atoms with Gasteiger partial charge in [0.2, 0.25) is 0 Å². The van der Waals surface area contributed by atoms with Gasteiger partial charge in [0.05, 0.1) is 57.9 Å². The van der Waals surface area contributed by atoms with Crippen LogP contribution in [0.25, 0.3) is 93.6 Å². The van der Waals surface area contributed by atoms with Gasteiger partial charge in [-0.3, -0.25) is 0 Å². The van der Waals surface area contributed by atoms with Crippen molar-refractivity contribution in [1.82, 2.24) is 13.7 Å². The molecule has 5 nitrogen and oxygen atoms in total. The third-order valence-corrected chi connectivity index (χ3v) is 17.5. The Labute approximate surface area is 499 Å². The molecular weight excluding hydrogens is 1020 g/mol. The van der Waals surface area contributed by atoms with Gasteiger partial charge in [0.15, 0.2) is 0 Å². The van der Waals surface area contributed by atoms with Gasteiger partial charge < -0.3 is 23.5 Å². The summed E-state index contributed by atoms with van der Waals surface area (Å²) in [5.41, 5.74) is 17.4. The molecule has 0 radical (unpaired) electrons. The summed E-state index contributed by atoms with van der Waals surface area (Å²) in [6, 6.07) is 83.1. The van der Waals surface area contributed by atoms with Crippen LogP contribution in [0.1, 0.15) is 36.0 Å². The molecule has 0 N–H and O–H groups in total. The van der Waals surface area contributed by atoms with Crippen LogP contribution >= 0.6 is 0 Å². The summed E-state index contributed by atoms with van der Waals surface area (Å²) in [4.78, 5) is 4.57. The average molecular weight is 1080 g/mol. The molecule has 3 aromatic heterocycles. The second-order valence-corrected chi connectivity index (χ2v) is 21.7. The zero-order chi connectivity index (χ0) is 63.7. The van der Waals surface area contributed by atoms with Gasteiger partial charge in [-0.05, 0) is 167 Å². The van der Waals surface area contributed by atoms with Crippen LogP contribution in [0.5, 0.6) is 0 Å². The smallest absolute Gasteiger partial charge is 0.0756 e. The zero-order valence-corrected chi connectivity index (χ0v) is 44.9. The summed E-state index contributed by atoms with van der Waals surface area (Å²) in [5.74, 6) is 0. The first kappa shape index (κ1) is 37.7. The SMILES string of the molecule is [2H]c1c([2H])c([2H])c(-n2c3ccccc3c3cc(N(c4ccccc4)c4ccc5c(c4)C4(c6cc(N(c7ccccc7)c7ccc8c(c7)c7ccccc7n8-c7c([2H])c([2H])c([2H])c([2H])c7[2H])ccc6-5)c5ccccc5-n5c6ccccc6c6cccc4c65)ccc32)c([2H])c1[2H]. The quantitative estimate of drug-likeness (QED) is 0.151. The topological polar surface area (TPSA) is 21.3 Å². The molecule has 1 aliphatic heterocycles. The van der Waals surface area contributed by atoms with E-state index in [0.29, 0.717) is 22.1 Å². The Hall–Kier alpha value is -11.1. The summed E-state index contributed by atoms with van der Waals surface area (Å²) < 4.78 is 94.1. The van der Waals surface area contributed by atoms with Crippen molar-refractivity contribution >= 4 is 99.5 Å². The number of para-hydroxylation sites is 9. The number of aromatic nitrogens is 3. The summed E-state index contributed by atoms with van der Waals surface area (Å²) in [6.45, 7) is 0. The lowest BCUT2D eigenvalue weighted by Gasteiger charge is -2.40. The predicted octanol–water partition coefficient (Wildman–Crippen LogP) is 20.6. The van der Waals surface area contributed by atoms with Crippen molar-refractivity contribution in [2.75, 3.05) is 9.80 Å². The van der Waals surface area contributed by atoms with Gasteiger partial charge in [-0.1, -0.05) is 176 Å². The molecule has 0 saturated carbocycles. The number of nitrogens with zero attached hydrogens (tertiary/aromatic N) is 5. The summed E-state index contributed by atoms with van der Waals surface area (Å²) >= 11 is 0. The van der Waals surface area contributed by atoms with Crippen LogP contribution in [0.15, 0.2) is 309 Å². The highest BCUT2D eigenvalue weighted by Crippen LogP contribution is 2.63. The second-order valence-electron chi connectivity index (χ2n) is 21.7. The van der Waals surface area contributed by atoms with E-state index in [0.717, 1.165) is 117 Å². The third kappa shape index (κ3) is 6.49. The highest BCUT2D eigenvalue weighted by atomic mass is 15.2. The number of hydrogen-bond acceptors (Lipinski definition) is 2. The van der Waals surface area contributed by atoms with E-state index in [1.807, 2.05) is 97.1 Å². The number of benzene rings is 13. The minimum atomic E-state index is -0.926. The fourth-order valence-electron chi connectivity index (χ4n) is 14.3. The fraction of sp³-hybridized carbons (Fsp3) is 0.0127. The van der Waals surface area contributed by atoms with Gasteiger partial charge in [-0.2, -0.15) is 0 Å². The van der Waals surface area contributed by atoms with E-state index in [9.17, 15) is 0 Å². The maximum absolute atomic E-state index is 9.12. The predicted molar refractivity (Wildman–Crippen MR) is 350 cm³/mol. The van der Waals surface area contributed by atoms with Gasteiger partial charge in [-0.25, -0.2) is 0 Å². The largest absolute Gasteiger partial charge is 0.310 e. The van der Waals surface area contributed by atoms with Crippen LogP contribution in [0.2, 0.25) is 0 Å². The van der Waals surface area contributed by atoms with E-state index in [2.05, 4.69) is 166 Å². The molecule has 0 saturated heterocycles. The van der Waals surface area contributed by atoms with Crippen molar-refractivity contribution < 1.29 is 13.7 Å². The summed E-state index contributed by atoms with van der Waals surface area (Å²) in [7, 11) is 0. The van der Waals surface area contributed by atoms with Gasteiger partial charge in [0.1, 0.15) is 0 Å². The Morgan fingerprint density at radius 2 is 0.667 bits per heavy atom. The molecule has 4 heterocycles. The van der Waals surface area contributed by atoms with Gasteiger partial charge in [0, 0.05) is 77.8 Å². The molecule has 2 aliphatic rings. The van der Waals surface area contributed by atoms with Crippen LogP contribution in [0.3, 0.4) is 0 Å². The lowest BCUT2D eigenvalue weighted by molar-refractivity contribution is 0.748. The molecular formula is C79H51N5. The summed E-state index contributed by atoms with van der Waals surface area (Å²) in [6.07, 6.45) is 0. The van der Waals surface area contributed by atoms with Crippen LogP contribution in [0, 0.1) is 0 Å². The van der Waals surface area contributed by atoms with E-state index in [4.69, 9.17) is 13.7 Å². The standard InChI is InChI=1S/C79H51N5/c1-5-22-52(23-6-1)80(56-42-46-75-66(48-56)63-31-14-17-36-72(63)82(75)54-26-9-3-10-27-54)58-40-44-60-61-45-41-59(81(53-24-7-2-8-25-53)57-43-47-76-67(49-57)64-32-15-18-37-73(64)83(76)55-28-11-4-12-29-55)51-71(61)79(70(60)50-58)68-34-16-20-39-77(68)84-74-38-19-13-30-62(74)65-33-21-35-69(79)78(65)84/h1-51H/i3D,4D,9D,10D,11D,12D,26D,27D,28D,29D. The maximum atomic E-state index is 9.12. The highest BCUT2D eigenvalue weighted by molar-refractivity contribution is 6.14. The normalized spacial score (nSPS) is 14.5. The van der Waals surface area contributed by atoms with E-state index >= 15 is 0 Å². The molecule has 84 heavy (non-hydrogen) atoms. The summed E-state index contributed by atoms with van der Waals surface area (Å²) in [5, 5.41) is 5.73. The minimum Gasteiger partial charge on any atom is -0.310 e. The first-order valence-corrected chi connectivity index (χ1v) is 28.2.